The van der Waals surface area contributed by atoms with Gasteiger partial charge in [0.05, 0.1) is 22.3 Å². The third kappa shape index (κ3) is 2.73. The van der Waals surface area contributed by atoms with Gasteiger partial charge in [-0.3, -0.25) is 4.98 Å². The lowest BCUT2D eigenvalue weighted by Crippen LogP contribution is -1.97. The maximum absolute atomic E-state index is 4.80. The summed E-state index contributed by atoms with van der Waals surface area (Å²) < 4.78 is 2.07. The van der Waals surface area contributed by atoms with Gasteiger partial charge in [-0.2, -0.15) is 0 Å². The van der Waals surface area contributed by atoms with Crippen molar-refractivity contribution in [1.29, 1.82) is 0 Å². The Balaban J connectivity index is 2.20. The van der Waals surface area contributed by atoms with Gasteiger partial charge in [0.1, 0.15) is 5.69 Å². The summed E-state index contributed by atoms with van der Waals surface area (Å²) in [7, 11) is 2.02. The van der Waals surface area contributed by atoms with Crippen LogP contribution in [0, 0.1) is 6.92 Å². The molecule has 0 saturated heterocycles. The molecule has 0 amide bonds. The fourth-order valence-corrected chi connectivity index (χ4v) is 3.62. The molecule has 114 valence electrons. The topological polar surface area (TPSA) is 43.6 Å². The van der Waals surface area contributed by atoms with Gasteiger partial charge in [0.25, 0.3) is 0 Å². The molecule has 0 unspecified atom stereocenters. The highest BCUT2D eigenvalue weighted by molar-refractivity contribution is 7.99. The summed E-state index contributed by atoms with van der Waals surface area (Å²) in [6.07, 6.45) is 5.81. The van der Waals surface area contributed by atoms with Gasteiger partial charge >= 0.3 is 0 Å². The number of imidazole rings is 1. The zero-order chi connectivity index (χ0) is 15.7. The van der Waals surface area contributed by atoms with Crippen LogP contribution in [-0.4, -0.2) is 31.5 Å². The van der Waals surface area contributed by atoms with Crippen LogP contribution in [0.2, 0.25) is 0 Å². The minimum atomic E-state index is 0.894. The number of thioether (sulfide) groups is 2. The molecule has 0 fully saturated rings. The third-order valence-corrected chi connectivity index (χ3v) is 5.00. The van der Waals surface area contributed by atoms with Gasteiger partial charge in [0.15, 0.2) is 5.82 Å². The third-order valence-electron chi connectivity index (χ3n) is 3.45. The van der Waals surface area contributed by atoms with Crippen LogP contribution in [0.5, 0.6) is 0 Å². The number of hydrogen-bond donors (Lipinski definition) is 0. The van der Waals surface area contributed by atoms with Gasteiger partial charge in [0.2, 0.25) is 0 Å². The summed E-state index contributed by atoms with van der Waals surface area (Å²) in [4.78, 5) is 15.1. The molecule has 0 aliphatic rings. The SMILES string of the molecule is CCSc1cc(C)cnc1-c1nc2cc(SC)ncc2n1C. The average molecular weight is 330 g/mol. The van der Waals surface area contributed by atoms with Crippen molar-refractivity contribution < 1.29 is 0 Å². The van der Waals surface area contributed by atoms with Crippen molar-refractivity contribution in [1.82, 2.24) is 19.5 Å². The van der Waals surface area contributed by atoms with Crippen molar-refractivity contribution in [3.63, 3.8) is 0 Å². The first kappa shape index (κ1) is 15.4. The van der Waals surface area contributed by atoms with Gasteiger partial charge in [-0.25, -0.2) is 9.97 Å². The summed E-state index contributed by atoms with van der Waals surface area (Å²) >= 11 is 3.43. The normalized spacial score (nSPS) is 11.3. The minimum Gasteiger partial charge on any atom is -0.325 e. The Morgan fingerprint density at radius 1 is 1.18 bits per heavy atom. The number of rotatable bonds is 4. The Bertz CT molecular complexity index is 826. The predicted molar refractivity (Wildman–Crippen MR) is 94.7 cm³/mol. The number of fused-ring (bicyclic) bond motifs is 1. The molecule has 0 spiro atoms. The number of aryl methyl sites for hydroxylation is 2. The summed E-state index contributed by atoms with van der Waals surface area (Å²) in [5, 5.41) is 0.983. The molecule has 0 bridgehead atoms. The zero-order valence-corrected chi connectivity index (χ0v) is 14.8. The van der Waals surface area contributed by atoms with Gasteiger partial charge in [-0.1, -0.05) is 6.92 Å². The Morgan fingerprint density at radius 2 is 2.00 bits per heavy atom. The molecule has 3 aromatic rings. The Labute approximate surface area is 138 Å². The second-order valence-corrected chi connectivity index (χ2v) is 7.13. The molecule has 0 N–H and O–H groups in total. The summed E-state index contributed by atoms with van der Waals surface area (Å²) in [5.41, 5.74) is 4.11. The first-order valence-electron chi connectivity index (χ1n) is 7.10. The van der Waals surface area contributed by atoms with Crippen LogP contribution >= 0.6 is 23.5 Å². The minimum absolute atomic E-state index is 0.894. The van der Waals surface area contributed by atoms with Gasteiger partial charge in [0, 0.05) is 18.1 Å². The van der Waals surface area contributed by atoms with E-state index in [1.165, 1.54) is 10.5 Å². The lowest BCUT2D eigenvalue weighted by atomic mass is 10.2. The number of aromatic nitrogens is 4. The molecular formula is C16H18N4S2. The quantitative estimate of drug-likeness (QED) is 0.672. The van der Waals surface area contributed by atoms with E-state index in [9.17, 15) is 0 Å². The molecule has 22 heavy (non-hydrogen) atoms. The molecule has 0 aliphatic carbocycles. The van der Waals surface area contributed by atoms with E-state index in [0.29, 0.717) is 0 Å². The lowest BCUT2D eigenvalue weighted by molar-refractivity contribution is 0.937. The van der Waals surface area contributed by atoms with E-state index >= 15 is 0 Å². The molecule has 0 aromatic carbocycles. The zero-order valence-electron chi connectivity index (χ0n) is 13.1. The highest BCUT2D eigenvalue weighted by atomic mass is 32.2. The van der Waals surface area contributed by atoms with Crippen LogP contribution in [0.1, 0.15) is 12.5 Å². The molecule has 0 aliphatic heterocycles. The van der Waals surface area contributed by atoms with Crippen LogP contribution < -0.4 is 0 Å². The highest BCUT2D eigenvalue weighted by Gasteiger charge is 2.16. The first-order chi connectivity index (χ1) is 10.6. The molecule has 3 rings (SSSR count). The van der Waals surface area contributed by atoms with Crippen LogP contribution in [-0.2, 0) is 7.05 Å². The summed E-state index contributed by atoms with van der Waals surface area (Å²) in [6, 6.07) is 4.21. The van der Waals surface area contributed by atoms with Crippen LogP contribution in [0.3, 0.4) is 0 Å². The number of hydrogen-bond acceptors (Lipinski definition) is 5. The van der Waals surface area contributed by atoms with Crippen molar-refractivity contribution in [3.8, 4) is 11.5 Å². The monoisotopic (exact) mass is 330 g/mol. The van der Waals surface area contributed by atoms with Crippen molar-refractivity contribution >= 4 is 34.6 Å². The van der Waals surface area contributed by atoms with Gasteiger partial charge < -0.3 is 4.57 Å². The van der Waals surface area contributed by atoms with Gasteiger partial charge in [-0.05, 0) is 36.6 Å². The van der Waals surface area contributed by atoms with E-state index in [4.69, 9.17) is 4.98 Å². The first-order valence-corrected chi connectivity index (χ1v) is 9.31. The maximum Gasteiger partial charge on any atom is 0.160 e. The van der Waals surface area contributed by atoms with Crippen molar-refractivity contribution in [2.45, 2.75) is 23.8 Å². The van der Waals surface area contributed by atoms with E-state index in [1.807, 2.05) is 31.8 Å². The number of pyridine rings is 2. The van der Waals surface area contributed by atoms with E-state index < -0.39 is 0 Å². The Hall–Kier alpha value is -1.53. The average Bonchev–Trinajstić information content (AvgIpc) is 2.84. The molecular weight excluding hydrogens is 312 g/mol. The standard InChI is InChI=1S/C16H18N4S2/c1-5-22-13-6-10(2)8-18-15(13)16-19-11-7-14(21-4)17-9-12(11)20(16)3/h6-9H,5H2,1-4H3. The Morgan fingerprint density at radius 3 is 2.73 bits per heavy atom. The van der Waals surface area contributed by atoms with E-state index in [2.05, 4.69) is 34.4 Å². The smallest absolute Gasteiger partial charge is 0.160 e. The molecule has 0 saturated carbocycles. The van der Waals surface area contributed by atoms with Crippen LogP contribution in [0.15, 0.2) is 34.4 Å². The maximum atomic E-state index is 4.80. The summed E-state index contributed by atoms with van der Waals surface area (Å²) in [6.45, 7) is 4.22. The van der Waals surface area contributed by atoms with E-state index in [1.54, 1.807) is 23.5 Å². The number of nitrogens with zero attached hydrogens (tertiary/aromatic N) is 4. The van der Waals surface area contributed by atoms with Crippen LogP contribution in [0.25, 0.3) is 22.6 Å². The van der Waals surface area contributed by atoms with E-state index in [0.717, 1.165) is 33.3 Å². The predicted octanol–water partition coefficient (Wildman–Crippen LogP) is 4.17. The molecule has 3 heterocycles. The second-order valence-electron chi connectivity index (χ2n) is 5.00. The Kier molecular flexibility index (Phi) is 4.40. The van der Waals surface area contributed by atoms with Crippen molar-refractivity contribution in [2.24, 2.45) is 7.05 Å². The molecule has 3 aromatic heterocycles. The van der Waals surface area contributed by atoms with Crippen molar-refractivity contribution in [2.75, 3.05) is 12.0 Å². The molecule has 0 atom stereocenters. The van der Waals surface area contributed by atoms with Crippen molar-refractivity contribution in [3.05, 3.63) is 30.1 Å². The molecule has 0 radical (unpaired) electrons. The fourth-order valence-electron chi connectivity index (χ4n) is 2.37. The molecule has 4 nitrogen and oxygen atoms in total. The van der Waals surface area contributed by atoms with E-state index in [-0.39, 0.29) is 0 Å². The largest absolute Gasteiger partial charge is 0.325 e. The fraction of sp³-hybridized carbons (Fsp3) is 0.312. The van der Waals surface area contributed by atoms with Gasteiger partial charge in [-0.15, -0.1) is 23.5 Å². The molecule has 6 heteroatoms. The lowest BCUT2D eigenvalue weighted by Gasteiger charge is -2.08. The second kappa shape index (κ2) is 6.30. The highest BCUT2D eigenvalue weighted by Crippen LogP contribution is 2.31. The van der Waals surface area contributed by atoms with Crippen LogP contribution in [0.4, 0.5) is 0 Å². The summed E-state index contributed by atoms with van der Waals surface area (Å²) in [5.74, 6) is 1.91.